The molecule has 0 aliphatic carbocycles. The topological polar surface area (TPSA) is 53.5 Å². The van der Waals surface area contributed by atoms with Crippen molar-refractivity contribution in [3.05, 3.63) is 23.8 Å². The summed E-state index contributed by atoms with van der Waals surface area (Å²) >= 11 is 5.45. The molecule has 4 nitrogen and oxygen atoms in total. The maximum atomic E-state index is 11.2. The van der Waals surface area contributed by atoms with E-state index >= 15 is 0 Å². The largest absolute Gasteiger partial charge is 0.344 e. The number of aliphatic imine (C=N–C) groups is 1. The summed E-state index contributed by atoms with van der Waals surface area (Å²) in [4.78, 5) is 15.6. The first-order valence-electron chi connectivity index (χ1n) is 5.96. The van der Waals surface area contributed by atoms with Gasteiger partial charge in [-0.05, 0) is 37.1 Å². The number of rotatable bonds is 3. The average Bonchev–Trinajstić information content (AvgIpc) is 2.85. The number of halogens is 1. The van der Waals surface area contributed by atoms with E-state index in [1.807, 2.05) is 25.1 Å². The van der Waals surface area contributed by atoms with Gasteiger partial charge in [0, 0.05) is 24.3 Å². The van der Waals surface area contributed by atoms with E-state index in [2.05, 4.69) is 15.6 Å². The fraction of sp³-hybridized carbons (Fsp3) is 0.385. The standard InChI is InChI=1S/C13H16ClN3O/c1-9-7-10(16-13(18)8-14)4-5-11(9)17-12-3-2-6-15-12/h4-5,7H,2-3,6,8H2,1H3,(H,15,17)(H,16,18). The molecule has 5 heteroatoms. The molecule has 1 amide bonds. The maximum Gasteiger partial charge on any atom is 0.239 e. The van der Waals surface area contributed by atoms with Gasteiger partial charge in [0.25, 0.3) is 0 Å². The Morgan fingerprint density at radius 3 is 2.94 bits per heavy atom. The molecule has 0 atom stereocenters. The summed E-state index contributed by atoms with van der Waals surface area (Å²) < 4.78 is 0. The number of hydrogen-bond donors (Lipinski definition) is 2. The highest BCUT2D eigenvalue weighted by atomic mass is 35.5. The van der Waals surface area contributed by atoms with Crippen LogP contribution in [0, 0.1) is 6.92 Å². The minimum absolute atomic E-state index is 0.0319. The van der Waals surface area contributed by atoms with Crippen LogP contribution in [-0.2, 0) is 4.79 Å². The van der Waals surface area contributed by atoms with Crippen LogP contribution >= 0.6 is 11.6 Å². The zero-order valence-corrected chi connectivity index (χ0v) is 11.0. The number of carbonyl (C=O) groups excluding carboxylic acids is 1. The van der Waals surface area contributed by atoms with Crippen LogP contribution in [0.2, 0.25) is 0 Å². The number of nitrogens with zero attached hydrogens (tertiary/aromatic N) is 1. The molecule has 0 fully saturated rings. The highest BCUT2D eigenvalue weighted by Crippen LogP contribution is 2.21. The summed E-state index contributed by atoms with van der Waals surface area (Å²) in [5.74, 6) is 0.808. The molecule has 1 aromatic rings. The molecule has 1 aromatic carbocycles. The third-order valence-corrected chi connectivity index (χ3v) is 3.03. The number of amidine groups is 1. The Labute approximate surface area is 111 Å². The molecule has 96 valence electrons. The van der Waals surface area contributed by atoms with Crippen LogP contribution in [0.1, 0.15) is 18.4 Å². The molecule has 2 N–H and O–H groups in total. The second kappa shape index (κ2) is 5.87. The van der Waals surface area contributed by atoms with Crippen molar-refractivity contribution in [1.82, 2.24) is 0 Å². The number of carbonyl (C=O) groups is 1. The van der Waals surface area contributed by atoms with Gasteiger partial charge in [-0.15, -0.1) is 11.6 Å². The summed E-state index contributed by atoms with van der Waals surface area (Å²) in [7, 11) is 0. The van der Waals surface area contributed by atoms with Gasteiger partial charge < -0.3 is 10.6 Å². The van der Waals surface area contributed by atoms with Crippen molar-refractivity contribution in [2.24, 2.45) is 4.99 Å². The first-order valence-corrected chi connectivity index (χ1v) is 6.49. The summed E-state index contributed by atoms with van der Waals surface area (Å²) in [6, 6.07) is 5.72. The Morgan fingerprint density at radius 2 is 2.33 bits per heavy atom. The van der Waals surface area contributed by atoms with Gasteiger partial charge in [-0.25, -0.2) is 0 Å². The van der Waals surface area contributed by atoms with E-state index in [1.54, 1.807) is 0 Å². The van der Waals surface area contributed by atoms with Gasteiger partial charge in [-0.2, -0.15) is 0 Å². The molecule has 1 aliphatic rings. The lowest BCUT2D eigenvalue weighted by molar-refractivity contribution is -0.113. The monoisotopic (exact) mass is 265 g/mol. The predicted molar refractivity (Wildman–Crippen MR) is 75.7 cm³/mol. The van der Waals surface area contributed by atoms with Crippen molar-refractivity contribution < 1.29 is 4.79 Å². The predicted octanol–water partition coefficient (Wildman–Crippen LogP) is 2.78. The fourth-order valence-electron chi connectivity index (χ4n) is 1.87. The molecule has 0 spiro atoms. The molecule has 18 heavy (non-hydrogen) atoms. The number of alkyl halides is 1. The van der Waals surface area contributed by atoms with E-state index in [-0.39, 0.29) is 11.8 Å². The van der Waals surface area contributed by atoms with E-state index in [1.165, 1.54) is 0 Å². The van der Waals surface area contributed by atoms with E-state index in [0.29, 0.717) is 0 Å². The van der Waals surface area contributed by atoms with E-state index in [9.17, 15) is 4.79 Å². The van der Waals surface area contributed by atoms with E-state index < -0.39 is 0 Å². The smallest absolute Gasteiger partial charge is 0.239 e. The normalized spacial score (nSPS) is 14.2. The van der Waals surface area contributed by atoms with Crippen LogP contribution in [-0.4, -0.2) is 24.2 Å². The van der Waals surface area contributed by atoms with Crippen molar-refractivity contribution in [3.63, 3.8) is 0 Å². The van der Waals surface area contributed by atoms with Gasteiger partial charge >= 0.3 is 0 Å². The van der Waals surface area contributed by atoms with Gasteiger partial charge in [-0.3, -0.25) is 9.79 Å². The Bertz CT molecular complexity index is 485. The minimum atomic E-state index is -0.197. The van der Waals surface area contributed by atoms with Crippen LogP contribution in [0.5, 0.6) is 0 Å². The zero-order valence-electron chi connectivity index (χ0n) is 10.3. The van der Waals surface area contributed by atoms with Crippen LogP contribution in [0.3, 0.4) is 0 Å². The van der Waals surface area contributed by atoms with Gasteiger partial charge in [-0.1, -0.05) is 0 Å². The quantitative estimate of drug-likeness (QED) is 0.826. The highest BCUT2D eigenvalue weighted by molar-refractivity contribution is 6.29. The number of benzene rings is 1. The van der Waals surface area contributed by atoms with E-state index in [0.717, 1.165) is 42.2 Å². The second-order valence-electron chi connectivity index (χ2n) is 4.27. The molecule has 0 saturated carbocycles. The van der Waals surface area contributed by atoms with Crippen molar-refractivity contribution >= 4 is 34.7 Å². The van der Waals surface area contributed by atoms with Crippen molar-refractivity contribution in [3.8, 4) is 0 Å². The molecular formula is C13H16ClN3O. The van der Waals surface area contributed by atoms with Crippen molar-refractivity contribution in [1.29, 1.82) is 0 Å². The summed E-state index contributed by atoms with van der Waals surface area (Å²) in [5, 5.41) is 6.04. The summed E-state index contributed by atoms with van der Waals surface area (Å²) in [6.07, 6.45) is 2.12. The van der Waals surface area contributed by atoms with Crippen LogP contribution in [0.15, 0.2) is 23.2 Å². The van der Waals surface area contributed by atoms with E-state index in [4.69, 9.17) is 11.6 Å². The second-order valence-corrected chi connectivity index (χ2v) is 4.54. The molecule has 1 heterocycles. The molecule has 1 aliphatic heterocycles. The van der Waals surface area contributed by atoms with Gasteiger partial charge in [0.2, 0.25) is 5.91 Å². The average molecular weight is 266 g/mol. The van der Waals surface area contributed by atoms with Crippen molar-refractivity contribution in [2.45, 2.75) is 19.8 Å². The van der Waals surface area contributed by atoms with Gasteiger partial charge in [0.05, 0.1) is 0 Å². The van der Waals surface area contributed by atoms with Crippen LogP contribution in [0.4, 0.5) is 11.4 Å². The molecule has 0 radical (unpaired) electrons. The summed E-state index contributed by atoms with van der Waals surface area (Å²) in [5.41, 5.74) is 2.86. The first-order chi connectivity index (χ1) is 8.69. The number of anilines is 2. The van der Waals surface area contributed by atoms with Crippen molar-refractivity contribution in [2.75, 3.05) is 23.1 Å². The highest BCUT2D eigenvalue weighted by Gasteiger charge is 2.08. The third kappa shape index (κ3) is 3.23. The van der Waals surface area contributed by atoms with Crippen LogP contribution in [0.25, 0.3) is 0 Å². The SMILES string of the molecule is Cc1cc(NC(=O)CCl)ccc1NC1=NCCC1. The minimum Gasteiger partial charge on any atom is -0.344 e. The molecule has 0 bridgehead atoms. The lowest BCUT2D eigenvalue weighted by Crippen LogP contribution is -2.13. The Hall–Kier alpha value is -1.55. The first kappa shape index (κ1) is 12.9. The summed E-state index contributed by atoms with van der Waals surface area (Å²) in [6.45, 7) is 2.90. The number of aryl methyl sites for hydroxylation is 1. The lowest BCUT2D eigenvalue weighted by atomic mass is 10.1. The number of hydrogen-bond acceptors (Lipinski definition) is 3. The lowest BCUT2D eigenvalue weighted by Gasteiger charge is -2.11. The van der Waals surface area contributed by atoms with Gasteiger partial charge in [0.1, 0.15) is 11.7 Å². The van der Waals surface area contributed by atoms with Gasteiger partial charge in [0.15, 0.2) is 0 Å². The number of amides is 1. The third-order valence-electron chi connectivity index (χ3n) is 2.78. The fourth-order valence-corrected chi connectivity index (χ4v) is 1.94. The molecule has 2 rings (SSSR count). The Kier molecular flexibility index (Phi) is 4.20. The molecule has 0 unspecified atom stereocenters. The molecule has 0 saturated heterocycles. The maximum absolute atomic E-state index is 11.2. The van der Waals surface area contributed by atoms with Crippen LogP contribution < -0.4 is 10.6 Å². The molecule has 0 aromatic heterocycles. The zero-order chi connectivity index (χ0) is 13.0. The molecular weight excluding hydrogens is 250 g/mol. The number of nitrogens with one attached hydrogen (secondary N) is 2. The Morgan fingerprint density at radius 1 is 1.50 bits per heavy atom. The Balaban J connectivity index is 2.07.